The standard InChI is InChI=1S/2C14H10O4S.2C4H12N/c2*15-13(16)9-5-1-3-7-11(9)19-12-8-4-2-6-10(12)14(17)18;2*1-5(2,3)4/h2*1-8H,(H,15,16)(H,17,18);2*1-4H3/q;;2*+1/p-2. The van der Waals surface area contributed by atoms with Crippen LogP contribution >= 0.6 is 23.5 Å². The molecule has 48 heavy (non-hydrogen) atoms. The second-order valence-electron chi connectivity index (χ2n) is 12.7. The average molecular weight is 695 g/mol. The molecule has 2 N–H and O–H groups in total. The third-order valence-corrected chi connectivity index (χ3v) is 7.19. The molecule has 4 aromatic rings. The smallest absolute Gasteiger partial charge is 0.336 e. The normalized spacial score (nSPS) is 10.5. The van der Waals surface area contributed by atoms with Crippen molar-refractivity contribution in [2.24, 2.45) is 0 Å². The van der Waals surface area contributed by atoms with E-state index in [0.29, 0.717) is 19.6 Å². The van der Waals surface area contributed by atoms with Gasteiger partial charge in [0.1, 0.15) is 0 Å². The molecule has 0 radical (unpaired) electrons. The fraction of sp³-hybridized carbons (Fsp3) is 0.222. The summed E-state index contributed by atoms with van der Waals surface area (Å²) in [5.74, 6) is -4.66. The summed E-state index contributed by atoms with van der Waals surface area (Å²) < 4.78 is 2.00. The fourth-order valence-electron chi connectivity index (χ4n) is 3.15. The third kappa shape index (κ3) is 16.8. The number of carboxylic acids is 4. The van der Waals surface area contributed by atoms with Gasteiger partial charge in [-0.3, -0.25) is 0 Å². The number of quaternary nitrogens is 2. The minimum Gasteiger partial charge on any atom is -0.545 e. The molecule has 0 aromatic heterocycles. The first-order chi connectivity index (χ1) is 22.2. The van der Waals surface area contributed by atoms with Crippen molar-refractivity contribution < 1.29 is 48.6 Å². The lowest BCUT2D eigenvalue weighted by Crippen LogP contribution is -2.27. The highest BCUT2D eigenvalue weighted by atomic mass is 32.2. The SMILES string of the molecule is C[N+](C)(C)C.C[N+](C)(C)C.O=C(O)c1ccccc1Sc1ccccc1C(=O)O.O=C([O-])c1ccccc1Sc1ccccc1C(=O)[O-]. The summed E-state index contributed by atoms with van der Waals surface area (Å²) in [6, 6.07) is 25.6. The van der Waals surface area contributed by atoms with Crippen LogP contribution in [0.25, 0.3) is 0 Å². The molecule has 0 atom stereocenters. The van der Waals surface area contributed by atoms with Gasteiger partial charge in [0, 0.05) is 30.7 Å². The largest absolute Gasteiger partial charge is 0.545 e. The number of carbonyl (C=O) groups excluding carboxylic acids is 2. The van der Waals surface area contributed by atoms with E-state index < -0.39 is 23.9 Å². The van der Waals surface area contributed by atoms with Crippen molar-refractivity contribution in [2.45, 2.75) is 19.6 Å². The minimum atomic E-state index is -1.30. The summed E-state index contributed by atoms with van der Waals surface area (Å²) in [4.78, 5) is 46.0. The molecule has 4 aromatic carbocycles. The van der Waals surface area contributed by atoms with E-state index in [1.54, 1.807) is 72.8 Å². The monoisotopic (exact) mass is 694 g/mol. The molecule has 0 aliphatic heterocycles. The lowest BCUT2D eigenvalue weighted by molar-refractivity contribution is -0.849. The van der Waals surface area contributed by atoms with Gasteiger partial charge < -0.3 is 39.0 Å². The Kier molecular flexibility index (Phi) is 16.6. The second kappa shape index (κ2) is 19.3. The molecule has 4 rings (SSSR count). The number of rotatable bonds is 8. The molecule has 0 aliphatic rings. The first-order valence-electron chi connectivity index (χ1n) is 14.4. The molecule has 0 saturated carbocycles. The van der Waals surface area contributed by atoms with Crippen molar-refractivity contribution >= 4 is 47.4 Å². The number of nitrogens with zero attached hydrogens (tertiary/aromatic N) is 2. The number of aromatic carboxylic acids is 4. The summed E-state index contributed by atoms with van der Waals surface area (Å²) in [5, 5.41) is 40.1. The maximum atomic E-state index is 11.1. The van der Waals surface area contributed by atoms with Crippen LogP contribution in [0.3, 0.4) is 0 Å². The van der Waals surface area contributed by atoms with Crippen LogP contribution in [0.2, 0.25) is 0 Å². The van der Waals surface area contributed by atoms with Crippen LogP contribution in [-0.2, 0) is 0 Å². The Morgan fingerprint density at radius 2 is 0.625 bits per heavy atom. The molecule has 0 unspecified atom stereocenters. The molecule has 10 nitrogen and oxygen atoms in total. The zero-order valence-electron chi connectivity index (χ0n) is 28.3. The highest BCUT2D eigenvalue weighted by molar-refractivity contribution is 7.99. The molecule has 12 heteroatoms. The molecule has 0 bridgehead atoms. The highest BCUT2D eigenvalue weighted by Crippen LogP contribution is 2.33. The van der Waals surface area contributed by atoms with Gasteiger partial charge >= 0.3 is 11.9 Å². The van der Waals surface area contributed by atoms with Crippen LogP contribution in [0.1, 0.15) is 41.4 Å². The minimum absolute atomic E-state index is 0.0284. The lowest BCUT2D eigenvalue weighted by Gasteiger charge is -2.14. The predicted molar refractivity (Wildman–Crippen MR) is 185 cm³/mol. The van der Waals surface area contributed by atoms with E-state index in [2.05, 4.69) is 56.4 Å². The second-order valence-corrected chi connectivity index (χ2v) is 14.9. The molecule has 0 amide bonds. The molecule has 0 fully saturated rings. The van der Waals surface area contributed by atoms with Gasteiger partial charge in [-0.1, -0.05) is 84.2 Å². The maximum Gasteiger partial charge on any atom is 0.336 e. The van der Waals surface area contributed by atoms with Crippen LogP contribution < -0.4 is 10.2 Å². The zero-order valence-corrected chi connectivity index (χ0v) is 29.9. The van der Waals surface area contributed by atoms with Gasteiger partial charge in [0.2, 0.25) is 0 Å². The van der Waals surface area contributed by atoms with Crippen molar-refractivity contribution in [2.75, 3.05) is 56.4 Å². The van der Waals surface area contributed by atoms with E-state index in [-0.39, 0.29) is 22.3 Å². The van der Waals surface area contributed by atoms with Gasteiger partial charge in [-0.2, -0.15) is 0 Å². The third-order valence-electron chi connectivity index (χ3n) is 4.89. The van der Waals surface area contributed by atoms with Crippen LogP contribution in [0, 0.1) is 0 Å². The summed E-state index contributed by atoms with van der Waals surface area (Å²) >= 11 is 2.19. The number of hydrogen-bond acceptors (Lipinski definition) is 8. The van der Waals surface area contributed by atoms with Gasteiger partial charge in [-0.05, 0) is 36.4 Å². The maximum absolute atomic E-state index is 11.1. The topological polar surface area (TPSA) is 155 Å². The van der Waals surface area contributed by atoms with Gasteiger partial charge in [0.25, 0.3) is 0 Å². The molecule has 256 valence electrons. The van der Waals surface area contributed by atoms with Crippen LogP contribution in [0.15, 0.2) is 117 Å². The first-order valence-corrected chi connectivity index (χ1v) is 16.0. The first kappa shape index (κ1) is 41.4. The Morgan fingerprint density at radius 1 is 0.438 bits per heavy atom. The van der Waals surface area contributed by atoms with Crippen molar-refractivity contribution in [3.63, 3.8) is 0 Å². The summed E-state index contributed by atoms with van der Waals surface area (Å²) in [7, 11) is 17.0. The van der Waals surface area contributed by atoms with Crippen molar-refractivity contribution in [1.82, 2.24) is 0 Å². The Labute approximate surface area is 290 Å². The molecule has 0 spiro atoms. The number of carboxylic acid groups (broad SMARTS) is 4. The van der Waals surface area contributed by atoms with Crippen molar-refractivity contribution in [1.29, 1.82) is 0 Å². The van der Waals surface area contributed by atoms with Crippen molar-refractivity contribution in [3.05, 3.63) is 119 Å². The molecule has 0 aliphatic carbocycles. The Balaban J connectivity index is 0.000000376. The van der Waals surface area contributed by atoms with Gasteiger partial charge in [0.05, 0.1) is 79.4 Å². The Morgan fingerprint density at radius 3 is 0.833 bits per heavy atom. The average Bonchev–Trinajstić information content (AvgIpc) is 2.96. The quantitative estimate of drug-likeness (QED) is 0.253. The van der Waals surface area contributed by atoms with Crippen LogP contribution in [0.4, 0.5) is 0 Å². The summed E-state index contributed by atoms with van der Waals surface area (Å²) in [6.07, 6.45) is 0. The van der Waals surface area contributed by atoms with E-state index in [9.17, 15) is 29.4 Å². The van der Waals surface area contributed by atoms with Gasteiger partial charge in [0.15, 0.2) is 0 Å². The van der Waals surface area contributed by atoms with Crippen LogP contribution in [0.5, 0.6) is 0 Å². The van der Waals surface area contributed by atoms with Crippen LogP contribution in [-0.4, -0.2) is 99.4 Å². The molecular weight excluding hydrogens is 653 g/mol. The zero-order chi connectivity index (χ0) is 36.7. The fourth-order valence-corrected chi connectivity index (χ4v) is 5.26. The number of hydrogen-bond donors (Lipinski definition) is 2. The van der Waals surface area contributed by atoms with Crippen molar-refractivity contribution in [3.8, 4) is 0 Å². The van der Waals surface area contributed by atoms with E-state index >= 15 is 0 Å². The van der Waals surface area contributed by atoms with E-state index in [4.69, 9.17) is 10.2 Å². The number of benzene rings is 4. The number of carbonyl (C=O) groups is 4. The highest BCUT2D eigenvalue weighted by Gasteiger charge is 2.14. The molecule has 0 saturated heterocycles. The lowest BCUT2D eigenvalue weighted by atomic mass is 10.2. The van der Waals surface area contributed by atoms with E-state index in [0.717, 1.165) is 32.5 Å². The predicted octanol–water partition coefficient (Wildman–Crippen LogP) is 4.44. The summed E-state index contributed by atoms with van der Waals surface area (Å²) in [6.45, 7) is 0. The summed E-state index contributed by atoms with van der Waals surface area (Å²) in [5.41, 5.74) is 0.377. The van der Waals surface area contributed by atoms with E-state index in [1.165, 1.54) is 24.3 Å². The Hall–Kier alpha value is -4.62. The molecule has 0 heterocycles. The van der Waals surface area contributed by atoms with E-state index in [1.807, 2.05) is 0 Å². The van der Waals surface area contributed by atoms with Gasteiger partial charge in [-0.25, -0.2) is 9.59 Å². The molecular formula is C36H42N2O8S2. The Bertz CT molecular complexity index is 1450. The van der Waals surface area contributed by atoms with Gasteiger partial charge in [-0.15, -0.1) is 0 Å².